The van der Waals surface area contributed by atoms with E-state index in [4.69, 9.17) is 9.84 Å². The number of rotatable bonds is 5. The fraction of sp³-hybridized carbons (Fsp3) is 0.444. The average molecular weight is 184 g/mol. The van der Waals surface area contributed by atoms with Gasteiger partial charge in [-0.05, 0) is 12.1 Å². The second-order valence-corrected chi connectivity index (χ2v) is 2.41. The summed E-state index contributed by atoms with van der Waals surface area (Å²) in [4.78, 5) is 4.13. The van der Waals surface area contributed by atoms with Crippen LogP contribution in [0.15, 0.2) is 24.4 Å². The quantitative estimate of drug-likeness (QED) is 0.663. The summed E-state index contributed by atoms with van der Waals surface area (Å²) in [6.45, 7) is 1.12. The fourth-order valence-electron chi connectivity index (χ4n) is 0.889. The van der Waals surface area contributed by atoms with E-state index in [1.165, 1.54) is 0 Å². The van der Waals surface area contributed by atoms with Crippen molar-refractivity contribution in [1.82, 2.24) is 11.1 Å². The molecule has 0 aliphatic carbocycles. The first-order chi connectivity index (χ1) is 5.93. The smallest absolute Gasteiger partial charge is 0.0697 e. The van der Waals surface area contributed by atoms with Gasteiger partial charge in [0.15, 0.2) is 0 Å². The van der Waals surface area contributed by atoms with Crippen molar-refractivity contribution >= 4 is 0 Å². The van der Waals surface area contributed by atoms with Crippen LogP contribution in [0.1, 0.15) is 5.69 Å². The van der Waals surface area contributed by atoms with Gasteiger partial charge in [-0.1, -0.05) is 6.07 Å². The summed E-state index contributed by atoms with van der Waals surface area (Å²) in [5, 5.41) is 8.42. The van der Waals surface area contributed by atoms with Gasteiger partial charge in [-0.3, -0.25) is 4.98 Å². The predicted molar refractivity (Wildman–Crippen MR) is 50.9 cm³/mol. The lowest BCUT2D eigenvalue weighted by atomic mass is 10.3. The molecule has 0 unspecified atom stereocenters. The Morgan fingerprint density at radius 2 is 2.15 bits per heavy atom. The number of hydrogen-bond donors (Lipinski definition) is 2. The summed E-state index contributed by atoms with van der Waals surface area (Å²) >= 11 is 0. The summed E-state index contributed by atoms with van der Waals surface area (Å²) < 4.78 is 5.10. The number of aliphatic hydroxyl groups excluding tert-OH is 1. The average Bonchev–Trinajstić information content (AvgIpc) is 2.14. The molecule has 0 bridgehead atoms. The van der Waals surface area contributed by atoms with Gasteiger partial charge in [0.2, 0.25) is 0 Å². The van der Waals surface area contributed by atoms with Gasteiger partial charge in [-0.15, -0.1) is 0 Å². The van der Waals surface area contributed by atoms with Crippen LogP contribution in [0, 0.1) is 0 Å². The molecule has 1 aromatic heterocycles. The lowest BCUT2D eigenvalue weighted by Gasteiger charge is -2.00. The molecule has 0 fully saturated rings. The molecule has 1 heterocycles. The lowest BCUT2D eigenvalue weighted by Crippen LogP contribution is -2.03. The number of aliphatic hydroxyl groups is 1. The van der Waals surface area contributed by atoms with Gasteiger partial charge in [0.25, 0.3) is 0 Å². The number of aromatic nitrogens is 1. The van der Waals surface area contributed by atoms with Crippen LogP contribution in [0.4, 0.5) is 0 Å². The van der Waals surface area contributed by atoms with Gasteiger partial charge in [-0.25, -0.2) is 0 Å². The molecule has 1 aromatic rings. The molecule has 0 aromatic carbocycles. The van der Waals surface area contributed by atoms with E-state index in [0.717, 1.165) is 12.1 Å². The van der Waals surface area contributed by atoms with Crippen LogP contribution >= 0.6 is 0 Å². The van der Waals surface area contributed by atoms with Gasteiger partial charge in [0.05, 0.1) is 19.8 Å². The Kier molecular flexibility index (Phi) is 7.10. The van der Waals surface area contributed by atoms with E-state index in [2.05, 4.69) is 4.98 Å². The van der Waals surface area contributed by atoms with Crippen LogP contribution in [-0.2, 0) is 11.2 Å². The molecule has 0 aliphatic heterocycles. The van der Waals surface area contributed by atoms with Crippen molar-refractivity contribution in [2.24, 2.45) is 0 Å². The summed E-state index contributed by atoms with van der Waals surface area (Å²) in [5.74, 6) is 0. The maximum absolute atomic E-state index is 8.42. The van der Waals surface area contributed by atoms with Crippen LogP contribution in [-0.4, -0.2) is 29.9 Å². The van der Waals surface area contributed by atoms with Gasteiger partial charge < -0.3 is 16.0 Å². The highest BCUT2D eigenvalue weighted by Crippen LogP contribution is 1.94. The van der Waals surface area contributed by atoms with E-state index in [-0.39, 0.29) is 12.8 Å². The van der Waals surface area contributed by atoms with E-state index in [1.807, 2.05) is 18.2 Å². The first kappa shape index (κ1) is 12.0. The molecule has 0 aliphatic rings. The maximum atomic E-state index is 8.42. The molecule has 0 radical (unpaired) electrons. The van der Waals surface area contributed by atoms with Gasteiger partial charge >= 0.3 is 0 Å². The van der Waals surface area contributed by atoms with E-state index >= 15 is 0 Å². The Hall–Kier alpha value is -0.970. The Bertz CT molecular complexity index is 204. The zero-order valence-electron chi connectivity index (χ0n) is 7.65. The van der Waals surface area contributed by atoms with Crippen LogP contribution in [0.3, 0.4) is 0 Å². The van der Waals surface area contributed by atoms with Gasteiger partial charge in [0, 0.05) is 18.3 Å². The third kappa shape index (κ3) is 5.30. The zero-order valence-corrected chi connectivity index (χ0v) is 7.65. The van der Waals surface area contributed by atoms with Crippen LogP contribution < -0.4 is 6.15 Å². The minimum atomic E-state index is 0. The van der Waals surface area contributed by atoms with Crippen molar-refractivity contribution in [2.45, 2.75) is 6.42 Å². The molecule has 4 nitrogen and oxygen atoms in total. The molecule has 13 heavy (non-hydrogen) atoms. The molecule has 0 saturated heterocycles. The number of hydrogen-bond acceptors (Lipinski definition) is 4. The van der Waals surface area contributed by atoms with Crippen molar-refractivity contribution in [3.8, 4) is 0 Å². The van der Waals surface area contributed by atoms with E-state index in [9.17, 15) is 0 Å². The topological polar surface area (TPSA) is 77.4 Å². The Morgan fingerprint density at radius 3 is 2.77 bits per heavy atom. The van der Waals surface area contributed by atoms with Crippen molar-refractivity contribution < 1.29 is 9.84 Å². The molecule has 4 N–H and O–H groups in total. The molecular weight excluding hydrogens is 168 g/mol. The SMILES string of the molecule is N.OCCOCCc1ccccn1. The molecule has 0 spiro atoms. The predicted octanol–water partition coefficient (Wildman–Crippen LogP) is 0.795. The Balaban J connectivity index is 0.00000144. The van der Waals surface area contributed by atoms with Gasteiger partial charge in [0.1, 0.15) is 0 Å². The largest absolute Gasteiger partial charge is 0.394 e. The van der Waals surface area contributed by atoms with E-state index in [0.29, 0.717) is 13.2 Å². The molecule has 1 rings (SSSR count). The number of ether oxygens (including phenoxy) is 1. The van der Waals surface area contributed by atoms with Crippen LogP contribution in [0.25, 0.3) is 0 Å². The van der Waals surface area contributed by atoms with Crippen LogP contribution in [0.2, 0.25) is 0 Å². The molecule has 0 atom stereocenters. The van der Waals surface area contributed by atoms with E-state index in [1.54, 1.807) is 6.20 Å². The van der Waals surface area contributed by atoms with Crippen molar-refractivity contribution in [3.63, 3.8) is 0 Å². The lowest BCUT2D eigenvalue weighted by molar-refractivity contribution is 0.0940. The van der Waals surface area contributed by atoms with Crippen molar-refractivity contribution in [3.05, 3.63) is 30.1 Å². The highest BCUT2D eigenvalue weighted by molar-refractivity contribution is 5.03. The molecular formula is C9H16N2O2. The van der Waals surface area contributed by atoms with Crippen LogP contribution in [0.5, 0.6) is 0 Å². The number of pyridine rings is 1. The second kappa shape index (κ2) is 7.67. The Morgan fingerprint density at radius 1 is 1.31 bits per heavy atom. The fourth-order valence-corrected chi connectivity index (χ4v) is 0.889. The summed E-state index contributed by atoms with van der Waals surface area (Å²) in [6, 6.07) is 5.80. The summed E-state index contributed by atoms with van der Waals surface area (Å²) in [5.41, 5.74) is 1.02. The third-order valence-electron chi connectivity index (χ3n) is 1.46. The second-order valence-electron chi connectivity index (χ2n) is 2.41. The monoisotopic (exact) mass is 184 g/mol. The molecule has 0 amide bonds. The Labute approximate surface area is 78.2 Å². The number of nitrogens with zero attached hydrogens (tertiary/aromatic N) is 1. The normalized spacial score (nSPS) is 9.31. The first-order valence-corrected chi connectivity index (χ1v) is 4.02. The zero-order chi connectivity index (χ0) is 8.65. The maximum Gasteiger partial charge on any atom is 0.0697 e. The summed E-state index contributed by atoms with van der Waals surface area (Å²) in [7, 11) is 0. The molecule has 4 heteroatoms. The van der Waals surface area contributed by atoms with Crippen molar-refractivity contribution in [1.29, 1.82) is 0 Å². The highest BCUT2D eigenvalue weighted by atomic mass is 16.5. The molecule has 0 saturated carbocycles. The van der Waals surface area contributed by atoms with Crippen molar-refractivity contribution in [2.75, 3.05) is 19.8 Å². The standard InChI is InChI=1S/C9H13NO2.H3N/c11-6-8-12-7-4-9-3-1-2-5-10-9;/h1-3,5,11H,4,6-8H2;1H3. The molecule has 74 valence electrons. The van der Waals surface area contributed by atoms with E-state index < -0.39 is 0 Å². The minimum absolute atomic E-state index is 0. The summed E-state index contributed by atoms with van der Waals surface area (Å²) in [6.07, 6.45) is 2.57. The van der Waals surface area contributed by atoms with Gasteiger partial charge in [-0.2, -0.15) is 0 Å². The minimum Gasteiger partial charge on any atom is -0.394 e. The third-order valence-corrected chi connectivity index (χ3v) is 1.46. The first-order valence-electron chi connectivity index (χ1n) is 4.02. The highest BCUT2D eigenvalue weighted by Gasteiger charge is 1.91.